The first-order chi connectivity index (χ1) is 65.0. The van der Waals surface area contributed by atoms with Crippen molar-refractivity contribution in [2.24, 2.45) is 0 Å². The number of rotatable bonds is 20. The van der Waals surface area contributed by atoms with Gasteiger partial charge in [0.15, 0.2) is 0 Å². The van der Waals surface area contributed by atoms with Gasteiger partial charge in [0.25, 0.3) is 47.3 Å². The lowest BCUT2D eigenvalue weighted by Crippen LogP contribution is -2.35. The second-order valence-corrected chi connectivity index (χ2v) is 35.1. The molecule has 4 aliphatic rings. The number of halogens is 9. The van der Waals surface area contributed by atoms with E-state index in [-0.39, 0.29) is 66.9 Å². The Kier molecular flexibility index (Phi) is 34.6. The lowest BCUT2D eigenvalue weighted by molar-refractivity contribution is 0.101. The van der Waals surface area contributed by atoms with Gasteiger partial charge in [0.05, 0.1) is 65.1 Å². The molecule has 0 radical (unpaired) electrons. The van der Waals surface area contributed by atoms with Gasteiger partial charge in [-0.05, 0) is 244 Å². The number of benzene rings is 8. The summed E-state index contributed by atoms with van der Waals surface area (Å²) in [7, 11) is 0. The molecule has 4 aromatic heterocycles. The number of nitrogens with one attached hydrogen (secondary N) is 12. The molecular weight excluding hydrogens is 1960 g/mol. The van der Waals surface area contributed by atoms with Crippen LogP contribution in [0.15, 0.2) is 246 Å². The fourth-order valence-electron chi connectivity index (χ4n) is 14.6. The third kappa shape index (κ3) is 27.5. The van der Waals surface area contributed by atoms with Crippen LogP contribution in [0.2, 0.25) is 25.1 Å². The van der Waals surface area contributed by atoms with Crippen LogP contribution in [-0.2, 0) is 0 Å². The highest BCUT2D eigenvalue weighted by Gasteiger charge is 2.27. The largest absolute Gasteiger partial charge is 0.357 e. The number of carbonyl (C=O) groups is 8. The molecule has 12 N–H and O–H groups in total. The minimum Gasteiger partial charge on any atom is -0.357 e. The van der Waals surface area contributed by atoms with E-state index in [1.165, 1.54) is 74.0 Å². The summed E-state index contributed by atoms with van der Waals surface area (Å²) in [4.78, 5) is 127. The van der Waals surface area contributed by atoms with Crippen LogP contribution in [0.3, 0.4) is 0 Å². The van der Waals surface area contributed by atoms with Gasteiger partial charge in [0.1, 0.15) is 58.2 Å². The zero-order valence-corrected chi connectivity index (χ0v) is 78.9. The van der Waals surface area contributed by atoms with Crippen molar-refractivity contribution in [3.63, 3.8) is 0 Å². The molecule has 0 saturated carbocycles. The minimum absolute atomic E-state index is 0.0273. The molecule has 8 amide bonds. The summed E-state index contributed by atoms with van der Waals surface area (Å²) in [5.74, 6) is -2.17. The van der Waals surface area contributed by atoms with Crippen LogP contribution in [-0.4, -0.2) is 162 Å². The number of amidine groups is 4. The number of hydrogen-bond acceptors (Lipinski definition) is 16. The number of aromatic nitrogens is 4. The topological polar surface area (TPSA) is 393 Å². The van der Waals surface area contributed by atoms with Crippen molar-refractivity contribution in [2.75, 3.05) is 94.9 Å². The second kappa shape index (κ2) is 47.3. The zero-order chi connectivity index (χ0) is 95.8. The summed E-state index contributed by atoms with van der Waals surface area (Å²) in [5, 5.41) is 56.6. The number of nitrogens with zero attached hydrogens (tertiary/aromatic N) is 8. The van der Waals surface area contributed by atoms with Crippen LogP contribution in [0.4, 0.5) is 54.8 Å². The standard InChI is InChI=1S/C25H22Cl3N5O2.C25H23ClFN5O2.C24H21BrClN5O2.C24H21BrFN5O2/c26-17-8-9-21(30-14-17)31-25(35)19-12-18(27)13-20(28)22(19)32-24(34)16-6-4-15(5-7-16)23(29)33-10-2-1-3-11-33;26-18-8-11-22(29-15-18)31-25(34)20-14-19(27)9-10-21(20)30-24(33)17-6-4-16(5-7-17)23(28)32-12-2-1-3-13-32;25-17-7-9-20(19(13-17)24(33)30-21-10-8-18(26)14-28-21)29-23(32)16-5-3-15(4-6-16)22(27)31-11-1-2-12-31;25-17-7-10-21(28-14-17)30-24(33)19-13-18(26)8-9-20(19)29-23(32)16-5-3-15(4-6-16)22(27)31-11-1-2-12-31/h4-9,12-14,29H,1-3,10-11H2,(H,32,34)(H,30,31,35);4-11,14-15,28H,1-3,12-13H2,(H,30,33)(H,29,31,34);2*3-10,13-14,27H,1-2,11-12H2,(H,29,32)(H,28,30,33). The fourth-order valence-corrected chi connectivity index (χ4v) is 16.1. The van der Waals surface area contributed by atoms with Crippen LogP contribution < -0.4 is 42.5 Å². The van der Waals surface area contributed by atoms with Crippen molar-refractivity contribution in [3.05, 3.63) is 350 Å². The van der Waals surface area contributed by atoms with Gasteiger partial charge in [-0.3, -0.25) is 60.0 Å². The van der Waals surface area contributed by atoms with Crippen LogP contribution >= 0.6 is 89.9 Å². The monoisotopic (exact) mass is 2040 g/mol. The Balaban J connectivity index is 0.000000152. The average Bonchev–Trinajstić information content (AvgIpc) is 1.54. The van der Waals surface area contributed by atoms with Crippen molar-refractivity contribution in [1.29, 1.82) is 21.6 Å². The Morgan fingerprint density at radius 1 is 0.267 bits per heavy atom. The zero-order valence-electron chi connectivity index (χ0n) is 72.0. The quantitative estimate of drug-likeness (QED) is 0.0249. The first kappa shape index (κ1) is 98.8. The van der Waals surface area contributed by atoms with Crippen LogP contribution in [0.1, 0.15) is 169 Å². The number of pyridine rings is 4. The summed E-state index contributed by atoms with van der Waals surface area (Å²) in [5.41, 5.74) is 5.58. The molecule has 0 bridgehead atoms. The highest BCUT2D eigenvalue weighted by molar-refractivity contribution is 9.10. The predicted octanol–water partition coefficient (Wildman–Crippen LogP) is 21.9. The Hall–Kier alpha value is -13.7. The molecule has 0 spiro atoms. The molecule has 37 heteroatoms. The minimum atomic E-state index is -0.630. The van der Waals surface area contributed by atoms with E-state index >= 15 is 0 Å². The van der Waals surface area contributed by atoms with E-state index < -0.39 is 53.0 Å². The number of carbonyl (C=O) groups excluding carboxylic acids is 8. The summed E-state index contributed by atoms with van der Waals surface area (Å²) < 4.78 is 29.2. The Labute approximate surface area is 817 Å². The molecule has 8 aromatic carbocycles. The van der Waals surface area contributed by atoms with Crippen molar-refractivity contribution < 1.29 is 47.1 Å². The summed E-state index contributed by atoms with van der Waals surface area (Å²) >= 11 is 36.6. The van der Waals surface area contributed by atoms with Gasteiger partial charge in [-0.1, -0.05) is 122 Å². The van der Waals surface area contributed by atoms with Gasteiger partial charge in [0, 0.05) is 136 Å². The third-order valence-corrected chi connectivity index (χ3v) is 23.9. The van der Waals surface area contributed by atoms with Crippen molar-refractivity contribution in [1.82, 2.24) is 39.5 Å². The summed E-state index contributed by atoms with van der Waals surface area (Å²) in [6.45, 7) is 6.98. The number of likely N-dealkylation sites (tertiary alicyclic amines) is 4. The molecule has 16 rings (SSSR count). The number of piperidine rings is 2. The highest BCUT2D eigenvalue weighted by atomic mass is 79.9. The van der Waals surface area contributed by atoms with Gasteiger partial charge in [-0.2, -0.15) is 0 Å². The van der Waals surface area contributed by atoms with Gasteiger partial charge in [0.2, 0.25) is 0 Å². The average molecular weight is 2050 g/mol. The summed E-state index contributed by atoms with van der Waals surface area (Å²) in [6.07, 6.45) is 16.8. The first-order valence-corrected chi connectivity index (χ1v) is 46.1. The van der Waals surface area contributed by atoms with E-state index in [4.69, 9.17) is 79.6 Å². The first-order valence-electron chi connectivity index (χ1n) is 42.6. The van der Waals surface area contributed by atoms with Crippen LogP contribution in [0.25, 0.3) is 0 Å². The smallest absolute Gasteiger partial charge is 0.259 e. The lowest BCUT2D eigenvalue weighted by atomic mass is 10.1. The Morgan fingerprint density at radius 2 is 0.533 bits per heavy atom. The van der Waals surface area contributed by atoms with Crippen LogP contribution in [0.5, 0.6) is 0 Å². The van der Waals surface area contributed by atoms with Crippen LogP contribution in [0, 0.1) is 33.3 Å². The van der Waals surface area contributed by atoms with E-state index in [2.05, 4.69) is 94.3 Å². The molecule has 8 heterocycles. The van der Waals surface area contributed by atoms with Gasteiger partial charge < -0.3 is 62.1 Å². The van der Waals surface area contributed by atoms with Gasteiger partial charge in [-0.25, -0.2) is 28.7 Å². The second-order valence-electron chi connectivity index (χ2n) is 31.1. The number of hydrogen-bond donors (Lipinski definition) is 12. The molecule has 4 saturated heterocycles. The molecule has 0 atom stereocenters. The SMILES string of the molecule is N=C(c1ccc(C(=O)Nc2c(Cl)cc(Cl)cc2C(=O)Nc2ccc(Cl)cn2)cc1)N1CCCCC1.N=C(c1ccc(C(=O)Nc2ccc(Br)cc2C(=O)Nc2ccc(Cl)cn2)cc1)N1CCCC1.N=C(c1ccc(C(=O)Nc2ccc(F)cc2C(=O)Nc2ccc(Br)cn2)cc1)N1CCCC1.N=C(c1ccc(C(=O)Nc2ccc(F)cc2C(=O)Nc2ccc(Cl)cn2)cc1)N1CCCCC1. The molecule has 690 valence electrons. The van der Waals surface area contributed by atoms with E-state index in [0.29, 0.717) is 82.5 Å². The van der Waals surface area contributed by atoms with Crippen molar-refractivity contribution >= 4 is 206 Å². The van der Waals surface area contributed by atoms with Crippen molar-refractivity contribution in [2.45, 2.75) is 64.2 Å². The molecule has 0 unspecified atom stereocenters. The van der Waals surface area contributed by atoms with E-state index in [1.807, 2.05) is 19.6 Å². The fraction of sp³-hybridized carbons (Fsp3) is 0.184. The molecule has 4 aliphatic heterocycles. The predicted molar refractivity (Wildman–Crippen MR) is 532 cm³/mol. The van der Waals surface area contributed by atoms with Crippen molar-refractivity contribution in [3.8, 4) is 0 Å². The number of amides is 8. The van der Waals surface area contributed by atoms with E-state index in [1.54, 1.807) is 158 Å². The highest BCUT2D eigenvalue weighted by Crippen LogP contribution is 2.34. The lowest BCUT2D eigenvalue weighted by Gasteiger charge is -2.29. The maximum Gasteiger partial charge on any atom is 0.259 e. The molecule has 12 aromatic rings. The van der Waals surface area contributed by atoms with Gasteiger partial charge >= 0.3 is 0 Å². The van der Waals surface area contributed by atoms with E-state index in [0.717, 1.165) is 149 Å². The Morgan fingerprint density at radius 3 is 0.837 bits per heavy atom. The third-order valence-electron chi connectivity index (χ3n) is 21.7. The molecule has 0 aliphatic carbocycles. The molecular formula is C98H87Br2Cl5F2N20O8. The maximum absolute atomic E-state index is 13.9. The summed E-state index contributed by atoms with van der Waals surface area (Å²) in [6, 6.07) is 54.9. The van der Waals surface area contributed by atoms with Gasteiger partial charge in [-0.15, -0.1) is 0 Å². The number of anilines is 8. The molecule has 28 nitrogen and oxygen atoms in total. The Bertz CT molecular complexity index is 6210. The molecule has 135 heavy (non-hydrogen) atoms. The normalized spacial score (nSPS) is 13.1. The molecule has 4 fully saturated rings. The maximum atomic E-state index is 13.9. The van der Waals surface area contributed by atoms with E-state index in [9.17, 15) is 47.1 Å².